The van der Waals surface area contributed by atoms with E-state index >= 15 is 0 Å². The van der Waals surface area contributed by atoms with Gasteiger partial charge in [0.1, 0.15) is 17.3 Å². The van der Waals surface area contributed by atoms with E-state index in [1.807, 2.05) is 0 Å². The summed E-state index contributed by atoms with van der Waals surface area (Å²) in [5, 5.41) is 0. The number of pyridine rings is 1. The van der Waals surface area contributed by atoms with E-state index < -0.39 is 28.9 Å². The van der Waals surface area contributed by atoms with Gasteiger partial charge >= 0.3 is 6.09 Å². The third-order valence-electron chi connectivity index (χ3n) is 4.60. The van der Waals surface area contributed by atoms with Gasteiger partial charge in [-0.2, -0.15) is 0 Å². The number of anilines is 1. The summed E-state index contributed by atoms with van der Waals surface area (Å²) in [6, 6.07) is 11.7. The van der Waals surface area contributed by atoms with Crippen LogP contribution in [0.4, 0.5) is 19.3 Å². The zero-order chi connectivity index (χ0) is 22.7. The van der Waals surface area contributed by atoms with Crippen LogP contribution >= 0.6 is 0 Å². The summed E-state index contributed by atoms with van der Waals surface area (Å²) in [6.07, 6.45) is 0.743. The third-order valence-corrected chi connectivity index (χ3v) is 5.40. The van der Waals surface area contributed by atoms with E-state index in [0.29, 0.717) is 11.3 Å². The van der Waals surface area contributed by atoms with Crippen molar-refractivity contribution in [1.82, 2.24) is 14.6 Å². The van der Waals surface area contributed by atoms with Gasteiger partial charge in [-0.15, -0.1) is 0 Å². The number of rotatable bonds is 7. The highest BCUT2D eigenvalue weighted by molar-refractivity contribution is 7.84. The molecular weight excluding hydrogens is 442 g/mol. The highest BCUT2D eigenvalue weighted by atomic mass is 32.2. The second-order valence-corrected chi connectivity index (χ2v) is 7.92. The molecule has 0 aliphatic carbocycles. The Hall–Kier alpha value is -3.57. The van der Waals surface area contributed by atoms with Crippen LogP contribution in [0.15, 0.2) is 54.7 Å². The van der Waals surface area contributed by atoms with Crippen LogP contribution in [0.3, 0.4) is 0 Å². The van der Waals surface area contributed by atoms with Crippen LogP contribution in [0.5, 0.6) is 17.4 Å². The van der Waals surface area contributed by atoms with E-state index in [1.54, 1.807) is 18.2 Å². The minimum atomic E-state index is -1.53. The fourth-order valence-electron chi connectivity index (χ4n) is 3.03. The molecule has 0 bridgehead atoms. The standard InChI is InChI=1S/C21H18F2N4O4S/c1-24-32(29)26-15-6-4-13(18(23)9-15)11-27-12-14-5-7-16(10-19(14)31-21(27)28)30-20-17(22)3-2-8-25-20/h2-10,24,26H,11-12H2,1H3. The lowest BCUT2D eigenvalue weighted by Gasteiger charge is -2.28. The monoisotopic (exact) mass is 460 g/mol. The Kier molecular flexibility index (Phi) is 6.28. The Morgan fingerprint density at radius 2 is 2.03 bits per heavy atom. The predicted octanol–water partition coefficient (Wildman–Crippen LogP) is 3.88. The molecular formula is C21H18F2N4O4S. The molecule has 2 heterocycles. The smallest absolute Gasteiger partial charge is 0.415 e. The van der Waals surface area contributed by atoms with Crippen molar-refractivity contribution in [3.63, 3.8) is 0 Å². The maximum atomic E-state index is 14.5. The average Bonchev–Trinajstić information content (AvgIpc) is 2.77. The Balaban J connectivity index is 1.46. The van der Waals surface area contributed by atoms with Crippen LogP contribution in [0.1, 0.15) is 11.1 Å². The minimum Gasteiger partial charge on any atom is -0.436 e. The first-order chi connectivity index (χ1) is 15.4. The summed E-state index contributed by atoms with van der Waals surface area (Å²) in [5.41, 5.74) is 1.29. The van der Waals surface area contributed by atoms with Crippen molar-refractivity contribution >= 4 is 23.0 Å². The van der Waals surface area contributed by atoms with Crippen LogP contribution in [0, 0.1) is 11.6 Å². The lowest BCUT2D eigenvalue weighted by molar-refractivity contribution is 0.134. The first-order valence-electron chi connectivity index (χ1n) is 9.45. The average molecular weight is 460 g/mol. The fraction of sp³-hybridized carbons (Fsp3) is 0.143. The van der Waals surface area contributed by atoms with Gasteiger partial charge in [0.2, 0.25) is 0 Å². The van der Waals surface area contributed by atoms with Gasteiger partial charge in [-0.3, -0.25) is 9.62 Å². The molecule has 1 amide bonds. The Bertz CT molecular complexity index is 1190. The number of benzene rings is 2. The molecule has 4 rings (SSSR count). The van der Waals surface area contributed by atoms with Crippen molar-refractivity contribution in [1.29, 1.82) is 0 Å². The topological polar surface area (TPSA) is 92.8 Å². The van der Waals surface area contributed by atoms with Gasteiger partial charge in [0.25, 0.3) is 5.88 Å². The van der Waals surface area contributed by atoms with E-state index in [1.165, 1.54) is 48.5 Å². The maximum Gasteiger partial charge on any atom is 0.415 e. The molecule has 0 spiro atoms. The molecule has 1 aliphatic heterocycles. The highest BCUT2D eigenvalue weighted by Gasteiger charge is 2.26. The zero-order valence-corrected chi connectivity index (χ0v) is 17.6. The molecule has 2 aromatic carbocycles. The van der Waals surface area contributed by atoms with Crippen molar-refractivity contribution in [2.24, 2.45) is 0 Å². The van der Waals surface area contributed by atoms with Gasteiger partial charge < -0.3 is 9.47 Å². The third kappa shape index (κ3) is 4.84. The summed E-state index contributed by atoms with van der Waals surface area (Å²) < 4.78 is 55.5. The van der Waals surface area contributed by atoms with E-state index in [0.717, 1.165) is 0 Å². The molecule has 0 radical (unpaired) electrons. The number of carbonyl (C=O) groups is 1. The van der Waals surface area contributed by atoms with Crippen LogP contribution in [-0.4, -0.2) is 27.2 Å². The van der Waals surface area contributed by atoms with E-state index in [-0.39, 0.29) is 36.0 Å². The number of nitrogens with zero attached hydrogens (tertiary/aromatic N) is 2. The lowest BCUT2D eigenvalue weighted by Crippen LogP contribution is -2.36. The molecule has 1 unspecified atom stereocenters. The Morgan fingerprint density at radius 3 is 2.78 bits per heavy atom. The number of aromatic nitrogens is 1. The summed E-state index contributed by atoms with van der Waals surface area (Å²) in [6.45, 7) is 0.173. The number of hydrogen-bond acceptors (Lipinski definition) is 5. The van der Waals surface area contributed by atoms with Crippen molar-refractivity contribution in [3.8, 4) is 17.4 Å². The number of halogens is 2. The molecule has 1 aromatic heterocycles. The van der Waals surface area contributed by atoms with Crippen molar-refractivity contribution in [2.45, 2.75) is 13.1 Å². The number of nitrogens with one attached hydrogen (secondary N) is 2. The molecule has 1 atom stereocenters. The van der Waals surface area contributed by atoms with Gasteiger partial charge in [0, 0.05) is 23.4 Å². The second-order valence-electron chi connectivity index (χ2n) is 6.77. The largest absolute Gasteiger partial charge is 0.436 e. The zero-order valence-electron chi connectivity index (χ0n) is 16.8. The SMILES string of the molecule is CNS(=O)Nc1ccc(CN2Cc3ccc(Oc4ncccc4F)cc3OC2=O)c(F)c1. The van der Waals surface area contributed by atoms with E-state index in [2.05, 4.69) is 14.4 Å². The molecule has 11 heteroatoms. The summed E-state index contributed by atoms with van der Waals surface area (Å²) >= 11 is -1.53. The number of carbonyl (C=O) groups excluding carboxylic acids is 1. The summed E-state index contributed by atoms with van der Waals surface area (Å²) in [4.78, 5) is 17.6. The lowest BCUT2D eigenvalue weighted by atomic mass is 10.1. The quantitative estimate of drug-likeness (QED) is 0.558. The van der Waals surface area contributed by atoms with Crippen molar-refractivity contribution in [3.05, 3.63) is 77.5 Å². The Labute approximate surface area is 184 Å². The molecule has 0 saturated carbocycles. The number of fused-ring (bicyclic) bond motifs is 1. The van der Waals surface area contributed by atoms with Gasteiger partial charge in [-0.05, 0) is 43.4 Å². The van der Waals surface area contributed by atoms with Crippen LogP contribution in [0.25, 0.3) is 0 Å². The molecule has 8 nitrogen and oxygen atoms in total. The predicted molar refractivity (Wildman–Crippen MR) is 113 cm³/mol. The molecule has 0 fully saturated rings. The van der Waals surface area contributed by atoms with Gasteiger partial charge in [0.05, 0.1) is 18.8 Å². The summed E-state index contributed by atoms with van der Waals surface area (Å²) in [5.74, 6) is -0.829. The molecule has 0 saturated heterocycles. The molecule has 2 N–H and O–H groups in total. The molecule has 32 heavy (non-hydrogen) atoms. The number of amides is 1. The molecule has 166 valence electrons. The number of hydrogen-bond donors (Lipinski definition) is 2. The van der Waals surface area contributed by atoms with Gasteiger partial charge in [-0.25, -0.2) is 27.5 Å². The van der Waals surface area contributed by atoms with Gasteiger partial charge in [0.15, 0.2) is 17.0 Å². The Morgan fingerprint density at radius 1 is 1.19 bits per heavy atom. The first kappa shape index (κ1) is 21.7. The van der Waals surface area contributed by atoms with E-state index in [4.69, 9.17) is 9.47 Å². The molecule has 3 aromatic rings. The highest BCUT2D eigenvalue weighted by Crippen LogP contribution is 2.33. The van der Waals surface area contributed by atoms with Crippen LogP contribution in [0.2, 0.25) is 0 Å². The normalized spacial score (nSPS) is 13.8. The van der Waals surface area contributed by atoms with Crippen LogP contribution in [-0.2, 0) is 24.3 Å². The molecule has 1 aliphatic rings. The fourth-order valence-corrected chi connectivity index (χ4v) is 3.48. The summed E-state index contributed by atoms with van der Waals surface area (Å²) in [7, 11) is 1.50. The van der Waals surface area contributed by atoms with Crippen molar-refractivity contribution in [2.75, 3.05) is 11.8 Å². The van der Waals surface area contributed by atoms with Crippen LogP contribution < -0.4 is 18.9 Å². The first-order valence-corrected chi connectivity index (χ1v) is 10.6. The van der Waals surface area contributed by atoms with Crippen molar-refractivity contribution < 1.29 is 27.3 Å². The number of ether oxygens (including phenoxy) is 2. The minimum absolute atomic E-state index is 0.0170. The van der Waals surface area contributed by atoms with Gasteiger partial charge in [-0.1, -0.05) is 6.07 Å². The van der Waals surface area contributed by atoms with E-state index in [9.17, 15) is 17.8 Å². The maximum absolute atomic E-state index is 14.5. The second kappa shape index (κ2) is 9.28.